The predicted octanol–water partition coefficient (Wildman–Crippen LogP) is 1.77. The van der Waals surface area contributed by atoms with E-state index < -0.39 is 6.03 Å². The summed E-state index contributed by atoms with van der Waals surface area (Å²) < 4.78 is 5.11. The Kier molecular flexibility index (Phi) is 4.32. The molecule has 5 nitrogen and oxygen atoms in total. The van der Waals surface area contributed by atoms with Crippen molar-refractivity contribution in [1.82, 2.24) is 5.32 Å². The highest BCUT2D eigenvalue weighted by molar-refractivity contribution is 6.05. The number of amides is 2. The number of primary amides is 1. The lowest BCUT2D eigenvalue weighted by molar-refractivity contribution is 0.253. The Labute approximate surface area is 94.0 Å². The SMILES string of the molecule is CC(C)N=C(C=Cc1ccco1)NC(N)=O. The molecule has 0 fully saturated rings. The van der Waals surface area contributed by atoms with Crippen molar-refractivity contribution in [3.8, 4) is 0 Å². The molecule has 1 aromatic heterocycles. The molecule has 1 heterocycles. The van der Waals surface area contributed by atoms with E-state index in [1.165, 1.54) is 0 Å². The highest BCUT2D eigenvalue weighted by Gasteiger charge is 1.99. The van der Waals surface area contributed by atoms with Crippen molar-refractivity contribution < 1.29 is 9.21 Å². The molecule has 0 aliphatic heterocycles. The maximum Gasteiger partial charge on any atom is 0.317 e. The molecule has 16 heavy (non-hydrogen) atoms. The van der Waals surface area contributed by atoms with Crippen molar-refractivity contribution >= 4 is 17.9 Å². The minimum Gasteiger partial charge on any atom is -0.465 e. The zero-order valence-corrected chi connectivity index (χ0v) is 9.31. The predicted molar refractivity (Wildman–Crippen MR) is 63.0 cm³/mol. The van der Waals surface area contributed by atoms with Gasteiger partial charge in [0.15, 0.2) is 0 Å². The van der Waals surface area contributed by atoms with Crippen LogP contribution in [0.4, 0.5) is 4.79 Å². The van der Waals surface area contributed by atoms with Crippen LogP contribution in [0.3, 0.4) is 0 Å². The van der Waals surface area contributed by atoms with E-state index in [1.807, 2.05) is 13.8 Å². The monoisotopic (exact) mass is 221 g/mol. The molecule has 0 aliphatic rings. The second-order valence-corrected chi connectivity index (χ2v) is 3.45. The number of furan rings is 1. The van der Waals surface area contributed by atoms with Gasteiger partial charge in [-0.3, -0.25) is 10.3 Å². The largest absolute Gasteiger partial charge is 0.465 e. The van der Waals surface area contributed by atoms with E-state index in [2.05, 4.69) is 10.3 Å². The third-order valence-corrected chi connectivity index (χ3v) is 1.60. The Morgan fingerprint density at radius 1 is 1.62 bits per heavy atom. The summed E-state index contributed by atoms with van der Waals surface area (Å²) in [5, 5.41) is 2.43. The number of nitrogens with zero attached hydrogens (tertiary/aromatic N) is 1. The minimum atomic E-state index is -0.636. The number of nitrogens with one attached hydrogen (secondary N) is 1. The third kappa shape index (κ3) is 4.45. The maximum atomic E-state index is 10.7. The molecule has 0 radical (unpaired) electrons. The van der Waals surface area contributed by atoms with Crippen LogP contribution in [0.15, 0.2) is 33.9 Å². The van der Waals surface area contributed by atoms with Gasteiger partial charge in [0.2, 0.25) is 0 Å². The molecule has 0 atom stereocenters. The van der Waals surface area contributed by atoms with Gasteiger partial charge in [0, 0.05) is 6.04 Å². The van der Waals surface area contributed by atoms with Crippen LogP contribution in [-0.4, -0.2) is 17.9 Å². The normalized spacial score (nSPS) is 12.3. The van der Waals surface area contributed by atoms with Crippen molar-refractivity contribution in [1.29, 1.82) is 0 Å². The Bertz CT molecular complexity index is 391. The molecule has 0 aliphatic carbocycles. The molecule has 1 rings (SSSR count). The van der Waals surface area contributed by atoms with Crippen molar-refractivity contribution in [2.45, 2.75) is 19.9 Å². The number of urea groups is 1. The van der Waals surface area contributed by atoms with E-state index in [0.717, 1.165) is 0 Å². The fourth-order valence-corrected chi connectivity index (χ4v) is 1.07. The second kappa shape index (κ2) is 5.75. The van der Waals surface area contributed by atoms with Gasteiger partial charge < -0.3 is 10.2 Å². The van der Waals surface area contributed by atoms with E-state index in [0.29, 0.717) is 11.6 Å². The molecule has 3 N–H and O–H groups in total. The average Bonchev–Trinajstić information content (AvgIpc) is 2.64. The van der Waals surface area contributed by atoms with E-state index in [-0.39, 0.29) is 6.04 Å². The molecule has 0 saturated carbocycles. The van der Waals surface area contributed by atoms with Crippen molar-refractivity contribution in [2.75, 3.05) is 0 Å². The van der Waals surface area contributed by atoms with Crippen molar-refractivity contribution in [3.63, 3.8) is 0 Å². The highest BCUT2D eigenvalue weighted by Crippen LogP contribution is 2.02. The number of aliphatic imine (C=N–C) groups is 1. The highest BCUT2D eigenvalue weighted by atomic mass is 16.3. The molecule has 0 spiro atoms. The molecular formula is C11H15N3O2. The molecule has 5 heteroatoms. The van der Waals surface area contributed by atoms with Crippen LogP contribution in [0.1, 0.15) is 19.6 Å². The average molecular weight is 221 g/mol. The Balaban J connectivity index is 2.74. The first kappa shape index (κ1) is 12.0. The number of carbonyl (C=O) groups excluding carboxylic acids is 1. The first-order chi connectivity index (χ1) is 7.58. The fourth-order valence-electron chi connectivity index (χ4n) is 1.07. The van der Waals surface area contributed by atoms with Crippen LogP contribution in [0, 0.1) is 0 Å². The van der Waals surface area contributed by atoms with Gasteiger partial charge in [0.1, 0.15) is 11.6 Å². The molecule has 86 valence electrons. The van der Waals surface area contributed by atoms with Gasteiger partial charge in [-0.25, -0.2) is 4.79 Å². The number of hydrogen-bond donors (Lipinski definition) is 2. The topological polar surface area (TPSA) is 80.6 Å². The van der Waals surface area contributed by atoms with Gasteiger partial charge in [-0.05, 0) is 38.1 Å². The van der Waals surface area contributed by atoms with Gasteiger partial charge in [-0.1, -0.05) is 0 Å². The Morgan fingerprint density at radius 3 is 2.88 bits per heavy atom. The number of hydrogen-bond acceptors (Lipinski definition) is 3. The van der Waals surface area contributed by atoms with Gasteiger partial charge in [0.25, 0.3) is 0 Å². The van der Waals surface area contributed by atoms with E-state index in [4.69, 9.17) is 10.2 Å². The Morgan fingerprint density at radius 2 is 2.38 bits per heavy atom. The smallest absolute Gasteiger partial charge is 0.317 e. The molecule has 0 unspecified atom stereocenters. The summed E-state index contributed by atoms with van der Waals surface area (Å²) in [5.41, 5.74) is 5.03. The number of nitrogens with two attached hydrogens (primary N) is 1. The summed E-state index contributed by atoms with van der Waals surface area (Å²) in [4.78, 5) is 14.9. The summed E-state index contributed by atoms with van der Waals surface area (Å²) in [6, 6.07) is 3.01. The quantitative estimate of drug-likeness (QED) is 0.602. The maximum absolute atomic E-state index is 10.7. The first-order valence-corrected chi connectivity index (χ1v) is 4.94. The van der Waals surface area contributed by atoms with Crippen molar-refractivity contribution in [2.24, 2.45) is 10.7 Å². The van der Waals surface area contributed by atoms with Crippen LogP contribution in [0.25, 0.3) is 6.08 Å². The number of carbonyl (C=O) groups is 1. The first-order valence-electron chi connectivity index (χ1n) is 4.94. The van der Waals surface area contributed by atoms with Gasteiger partial charge in [-0.15, -0.1) is 0 Å². The lowest BCUT2D eigenvalue weighted by Gasteiger charge is -2.03. The second-order valence-electron chi connectivity index (χ2n) is 3.45. The van der Waals surface area contributed by atoms with Gasteiger partial charge in [0.05, 0.1) is 6.26 Å². The number of rotatable bonds is 3. The zero-order valence-electron chi connectivity index (χ0n) is 9.31. The fraction of sp³-hybridized carbons (Fsp3) is 0.273. The van der Waals surface area contributed by atoms with Crippen LogP contribution in [0.2, 0.25) is 0 Å². The van der Waals surface area contributed by atoms with Crippen LogP contribution in [0.5, 0.6) is 0 Å². The summed E-state index contributed by atoms with van der Waals surface area (Å²) in [6.45, 7) is 3.81. The van der Waals surface area contributed by atoms with Crippen molar-refractivity contribution in [3.05, 3.63) is 30.2 Å². The van der Waals surface area contributed by atoms with Crippen LogP contribution < -0.4 is 11.1 Å². The minimum absolute atomic E-state index is 0.0723. The molecule has 2 amide bonds. The van der Waals surface area contributed by atoms with Gasteiger partial charge >= 0.3 is 6.03 Å². The molecular weight excluding hydrogens is 206 g/mol. The van der Waals surface area contributed by atoms with Crippen LogP contribution >= 0.6 is 0 Å². The summed E-state index contributed by atoms with van der Waals surface area (Å²) in [7, 11) is 0. The Hall–Kier alpha value is -2.04. The van der Waals surface area contributed by atoms with E-state index in [1.54, 1.807) is 30.5 Å². The molecule has 0 saturated heterocycles. The van der Waals surface area contributed by atoms with E-state index >= 15 is 0 Å². The van der Waals surface area contributed by atoms with E-state index in [9.17, 15) is 4.79 Å². The van der Waals surface area contributed by atoms with Gasteiger partial charge in [-0.2, -0.15) is 0 Å². The summed E-state index contributed by atoms with van der Waals surface area (Å²) in [5.74, 6) is 1.10. The number of amidine groups is 1. The molecule has 0 aromatic carbocycles. The summed E-state index contributed by atoms with van der Waals surface area (Å²) in [6.07, 6.45) is 4.92. The summed E-state index contributed by atoms with van der Waals surface area (Å²) >= 11 is 0. The molecule has 1 aromatic rings. The lowest BCUT2D eigenvalue weighted by atomic mass is 10.3. The zero-order chi connectivity index (χ0) is 12.0. The standard InChI is InChI=1S/C11H15N3O2/c1-8(2)13-10(14-11(12)15)6-5-9-4-3-7-16-9/h3-8H,1-2H3,(H3,12,13,14,15). The lowest BCUT2D eigenvalue weighted by Crippen LogP contribution is -2.34. The van der Waals surface area contributed by atoms with Crippen LogP contribution in [-0.2, 0) is 0 Å². The molecule has 0 bridgehead atoms. The third-order valence-electron chi connectivity index (χ3n) is 1.60.